The number of aromatic amines is 1. The monoisotopic (exact) mass is 205 g/mol. The molecule has 1 aromatic heterocycles. The van der Waals surface area contributed by atoms with Crippen molar-refractivity contribution in [2.24, 2.45) is 0 Å². The summed E-state index contributed by atoms with van der Waals surface area (Å²) in [5.41, 5.74) is 8.21. The predicted molar refractivity (Wildman–Crippen MR) is 60.5 cm³/mol. The standard InChI is InChI=1S/C10H15N5/c1-7-4-3-5-8(7)6-15(2)10-12-9(11)13-14-10/h3,5H,4,6H2,1-2H3,(H3,11,12,13,14). The fourth-order valence-corrected chi connectivity index (χ4v) is 1.60. The van der Waals surface area contributed by atoms with Crippen molar-refractivity contribution in [3.05, 3.63) is 23.3 Å². The number of hydrogen-bond donors (Lipinski definition) is 2. The summed E-state index contributed by atoms with van der Waals surface area (Å²) in [6.07, 6.45) is 5.38. The number of nitrogen functional groups attached to an aromatic ring is 1. The summed E-state index contributed by atoms with van der Waals surface area (Å²) in [6, 6.07) is 0. The minimum Gasteiger partial charge on any atom is -0.368 e. The summed E-state index contributed by atoms with van der Waals surface area (Å²) in [6.45, 7) is 2.97. The van der Waals surface area contributed by atoms with Crippen LogP contribution in [0.1, 0.15) is 13.3 Å². The summed E-state index contributed by atoms with van der Waals surface area (Å²) < 4.78 is 0. The SMILES string of the molecule is CC1=C(CN(C)c2n[nH]c(N)n2)C=CC1. The first kappa shape index (κ1) is 9.76. The summed E-state index contributed by atoms with van der Waals surface area (Å²) in [5, 5.41) is 6.63. The molecular formula is C10H15N5. The number of nitrogens with zero attached hydrogens (tertiary/aromatic N) is 3. The molecule has 5 heteroatoms. The van der Waals surface area contributed by atoms with Crippen LogP contribution in [0.4, 0.5) is 11.9 Å². The van der Waals surface area contributed by atoms with Crippen molar-refractivity contribution in [2.45, 2.75) is 13.3 Å². The molecule has 1 aliphatic rings. The molecule has 5 nitrogen and oxygen atoms in total. The first-order chi connectivity index (χ1) is 7.16. The lowest BCUT2D eigenvalue weighted by Crippen LogP contribution is -2.21. The molecule has 1 aliphatic carbocycles. The molecule has 0 amide bonds. The zero-order valence-electron chi connectivity index (χ0n) is 8.99. The molecule has 0 unspecified atom stereocenters. The van der Waals surface area contributed by atoms with Crippen LogP contribution < -0.4 is 10.6 Å². The van der Waals surface area contributed by atoms with Crippen molar-refractivity contribution in [2.75, 3.05) is 24.2 Å². The van der Waals surface area contributed by atoms with Crippen molar-refractivity contribution in [1.82, 2.24) is 15.2 Å². The molecule has 0 aliphatic heterocycles. The zero-order valence-corrected chi connectivity index (χ0v) is 8.99. The van der Waals surface area contributed by atoms with Crippen LogP contribution in [0.2, 0.25) is 0 Å². The average molecular weight is 205 g/mol. The van der Waals surface area contributed by atoms with E-state index >= 15 is 0 Å². The first-order valence-electron chi connectivity index (χ1n) is 4.91. The maximum atomic E-state index is 5.47. The predicted octanol–water partition coefficient (Wildman–Crippen LogP) is 1.10. The van der Waals surface area contributed by atoms with E-state index in [1.807, 2.05) is 11.9 Å². The maximum Gasteiger partial charge on any atom is 0.246 e. The van der Waals surface area contributed by atoms with Gasteiger partial charge in [-0.05, 0) is 18.9 Å². The van der Waals surface area contributed by atoms with Gasteiger partial charge in [0.05, 0.1) is 0 Å². The molecule has 3 N–H and O–H groups in total. The highest BCUT2D eigenvalue weighted by Crippen LogP contribution is 2.19. The van der Waals surface area contributed by atoms with Gasteiger partial charge >= 0.3 is 0 Å². The molecule has 0 aromatic carbocycles. The molecule has 2 rings (SSSR count). The molecule has 0 atom stereocenters. The van der Waals surface area contributed by atoms with Gasteiger partial charge in [0.2, 0.25) is 11.9 Å². The highest BCUT2D eigenvalue weighted by atomic mass is 15.4. The lowest BCUT2D eigenvalue weighted by molar-refractivity contribution is 0.923. The zero-order chi connectivity index (χ0) is 10.8. The van der Waals surface area contributed by atoms with Crippen molar-refractivity contribution in [1.29, 1.82) is 0 Å². The molecule has 0 fully saturated rings. The molecule has 0 radical (unpaired) electrons. The number of rotatable bonds is 3. The van der Waals surface area contributed by atoms with Gasteiger partial charge in [-0.3, -0.25) is 0 Å². The van der Waals surface area contributed by atoms with Crippen LogP contribution in [0.3, 0.4) is 0 Å². The van der Waals surface area contributed by atoms with Crippen LogP contribution >= 0.6 is 0 Å². The average Bonchev–Trinajstić information content (AvgIpc) is 2.77. The highest BCUT2D eigenvalue weighted by molar-refractivity contribution is 5.41. The van der Waals surface area contributed by atoms with Crippen LogP contribution in [0, 0.1) is 0 Å². The molecule has 80 valence electrons. The third kappa shape index (κ3) is 2.01. The van der Waals surface area contributed by atoms with E-state index in [0.29, 0.717) is 11.9 Å². The Labute approximate surface area is 88.7 Å². The smallest absolute Gasteiger partial charge is 0.246 e. The number of H-pyrrole nitrogens is 1. The minimum absolute atomic E-state index is 0.351. The lowest BCUT2D eigenvalue weighted by atomic mass is 10.2. The van der Waals surface area contributed by atoms with Gasteiger partial charge in [-0.1, -0.05) is 17.7 Å². The number of nitrogens with one attached hydrogen (secondary N) is 1. The molecule has 0 saturated heterocycles. The van der Waals surface area contributed by atoms with Crippen LogP contribution in [0.5, 0.6) is 0 Å². The Morgan fingerprint density at radius 2 is 2.40 bits per heavy atom. The second-order valence-electron chi connectivity index (χ2n) is 3.79. The van der Waals surface area contributed by atoms with E-state index in [4.69, 9.17) is 5.73 Å². The van der Waals surface area contributed by atoms with E-state index in [1.54, 1.807) is 0 Å². The van der Waals surface area contributed by atoms with E-state index in [0.717, 1.165) is 13.0 Å². The number of hydrogen-bond acceptors (Lipinski definition) is 4. The molecule has 1 heterocycles. The Hall–Kier alpha value is -1.78. The van der Waals surface area contributed by atoms with Crippen LogP contribution in [-0.4, -0.2) is 28.8 Å². The van der Waals surface area contributed by atoms with Crippen LogP contribution in [0.15, 0.2) is 23.3 Å². The molecule has 0 bridgehead atoms. The van der Waals surface area contributed by atoms with E-state index in [9.17, 15) is 0 Å². The van der Waals surface area contributed by atoms with Crippen molar-refractivity contribution >= 4 is 11.9 Å². The van der Waals surface area contributed by atoms with E-state index in [-0.39, 0.29) is 0 Å². The second-order valence-corrected chi connectivity index (χ2v) is 3.79. The Balaban J connectivity index is 2.07. The summed E-state index contributed by atoms with van der Waals surface area (Å²) in [5.74, 6) is 0.984. The summed E-state index contributed by atoms with van der Waals surface area (Å²) in [4.78, 5) is 6.04. The quantitative estimate of drug-likeness (QED) is 0.775. The number of allylic oxidation sites excluding steroid dienone is 2. The number of likely N-dealkylation sites (N-methyl/N-ethyl adjacent to an activating group) is 1. The summed E-state index contributed by atoms with van der Waals surface area (Å²) >= 11 is 0. The van der Waals surface area contributed by atoms with E-state index in [1.165, 1.54) is 11.1 Å². The number of nitrogens with two attached hydrogens (primary N) is 1. The van der Waals surface area contributed by atoms with Gasteiger partial charge in [0.1, 0.15) is 0 Å². The van der Waals surface area contributed by atoms with Gasteiger partial charge in [0.25, 0.3) is 0 Å². The Bertz CT molecular complexity index is 415. The molecule has 1 aromatic rings. The van der Waals surface area contributed by atoms with Gasteiger partial charge in [-0.15, -0.1) is 5.10 Å². The van der Waals surface area contributed by atoms with Gasteiger partial charge in [-0.2, -0.15) is 4.98 Å². The normalized spacial score (nSPS) is 15.1. The van der Waals surface area contributed by atoms with Gasteiger partial charge < -0.3 is 10.6 Å². The second kappa shape index (κ2) is 3.76. The first-order valence-corrected chi connectivity index (χ1v) is 4.91. The molecule has 15 heavy (non-hydrogen) atoms. The fourth-order valence-electron chi connectivity index (χ4n) is 1.60. The Morgan fingerprint density at radius 3 is 2.93 bits per heavy atom. The van der Waals surface area contributed by atoms with Crippen molar-refractivity contribution in [3.63, 3.8) is 0 Å². The summed E-state index contributed by atoms with van der Waals surface area (Å²) in [7, 11) is 1.95. The minimum atomic E-state index is 0.351. The largest absolute Gasteiger partial charge is 0.368 e. The number of aromatic nitrogens is 3. The van der Waals surface area contributed by atoms with Crippen LogP contribution in [0.25, 0.3) is 0 Å². The highest BCUT2D eigenvalue weighted by Gasteiger charge is 2.11. The van der Waals surface area contributed by atoms with Crippen LogP contribution in [-0.2, 0) is 0 Å². The number of anilines is 2. The van der Waals surface area contributed by atoms with Crippen molar-refractivity contribution < 1.29 is 0 Å². The third-order valence-corrected chi connectivity index (χ3v) is 2.53. The van der Waals surface area contributed by atoms with Gasteiger partial charge in [0.15, 0.2) is 0 Å². The topological polar surface area (TPSA) is 70.8 Å². The molecular weight excluding hydrogens is 190 g/mol. The maximum absolute atomic E-state index is 5.47. The Morgan fingerprint density at radius 1 is 1.60 bits per heavy atom. The lowest BCUT2D eigenvalue weighted by Gasteiger charge is -2.15. The third-order valence-electron chi connectivity index (χ3n) is 2.53. The van der Waals surface area contributed by atoms with E-state index < -0.39 is 0 Å². The fraction of sp³-hybridized carbons (Fsp3) is 0.400. The van der Waals surface area contributed by atoms with E-state index in [2.05, 4.69) is 34.3 Å². The molecule has 0 spiro atoms. The Kier molecular flexibility index (Phi) is 2.45. The molecule has 0 saturated carbocycles. The van der Waals surface area contributed by atoms with Gasteiger partial charge in [-0.25, -0.2) is 5.10 Å². The van der Waals surface area contributed by atoms with Gasteiger partial charge in [0, 0.05) is 13.6 Å². The van der Waals surface area contributed by atoms with Crippen molar-refractivity contribution in [3.8, 4) is 0 Å².